The van der Waals surface area contributed by atoms with Crippen LogP contribution in [-0.2, 0) is 27.2 Å². The Bertz CT molecular complexity index is 780. The normalized spacial score (nSPS) is 14.5. The molecule has 1 aliphatic heterocycles. The zero-order valence-electron chi connectivity index (χ0n) is 14.8. The molecule has 3 heterocycles. The molecule has 6 nitrogen and oxygen atoms in total. The van der Waals surface area contributed by atoms with Gasteiger partial charge in [-0.1, -0.05) is 12.1 Å². The quantitative estimate of drug-likeness (QED) is 0.734. The van der Waals surface area contributed by atoms with Crippen molar-refractivity contribution in [1.82, 2.24) is 19.6 Å². The number of rotatable bonds is 4. The van der Waals surface area contributed by atoms with Gasteiger partial charge < -0.3 is 9.80 Å². The number of para-hydroxylation sites is 2. The third-order valence-corrected chi connectivity index (χ3v) is 4.68. The maximum atomic E-state index is 4.30. The topological polar surface area (TPSA) is 42.1 Å². The molecule has 0 spiro atoms. The zero-order chi connectivity index (χ0) is 17.2. The number of anilines is 2. The van der Waals surface area contributed by atoms with Crippen LogP contribution in [0.4, 0.5) is 11.4 Å². The second-order valence-corrected chi connectivity index (χ2v) is 6.73. The summed E-state index contributed by atoms with van der Waals surface area (Å²) in [5, 5.41) is 8.61. The van der Waals surface area contributed by atoms with E-state index in [0.717, 1.165) is 32.6 Å². The summed E-state index contributed by atoms with van der Waals surface area (Å²) in [6.45, 7) is 3.89. The van der Waals surface area contributed by atoms with Crippen LogP contribution in [0, 0.1) is 0 Å². The first-order valence-electron chi connectivity index (χ1n) is 8.73. The molecule has 3 aromatic rings. The highest BCUT2D eigenvalue weighted by Gasteiger charge is 2.21. The highest BCUT2D eigenvalue weighted by Crippen LogP contribution is 2.33. The SMILES string of the molecule is Cn1cc(CN2CCCN(Cc3cnn(C)c3)c3ccccc32)cn1. The van der Waals surface area contributed by atoms with Gasteiger partial charge in [-0.05, 0) is 18.6 Å². The third kappa shape index (κ3) is 3.38. The van der Waals surface area contributed by atoms with Gasteiger partial charge in [0.15, 0.2) is 0 Å². The van der Waals surface area contributed by atoms with Crippen LogP contribution >= 0.6 is 0 Å². The Balaban J connectivity index is 1.61. The van der Waals surface area contributed by atoms with Crippen molar-refractivity contribution in [1.29, 1.82) is 0 Å². The molecule has 25 heavy (non-hydrogen) atoms. The number of benzene rings is 1. The minimum Gasteiger partial charge on any atom is -0.365 e. The first-order chi connectivity index (χ1) is 12.2. The van der Waals surface area contributed by atoms with Crippen molar-refractivity contribution >= 4 is 11.4 Å². The molecule has 0 saturated carbocycles. The average molecular weight is 336 g/mol. The first-order valence-corrected chi connectivity index (χ1v) is 8.73. The van der Waals surface area contributed by atoms with Crippen molar-refractivity contribution in [3.8, 4) is 0 Å². The van der Waals surface area contributed by atoms with Gasteiger partial charge in [0.1, 0.15) is 0 Å². The summed E-state index contributed by atoms with van der Waals surface area (Å²) in [4.78, 5) is 4.94. The number of aryl methyl sites for hydroxylation is 2. The van der Waals surface area contributed by atoms with Crippen molar-refractivity contribution in [2.45, 2.75) is 19.5 Å². The van der Waals surface area contributed by atoms with Crippen LogP contribution in [0.15, 0.2) is 49.1 Å². The Hall–Kier alpha value is -2.76. The smallest absolute Gasteiger partial charge is 0.0607 e. The van der Waals surface area contributed by atoms with E-state index < -0.39 is 0 Å². The Morgan fingerprint density at radius 2 is 1.28 bits per heavy atom. The van der Waals surface area contributed by atoms with Gasteiger partial charge in [-0.3, -0.25) is 9.36 Å². The van der Waals surface area contributed by atoms with Crippen molar-refractivity contribution in [2.24, 2.45) is 14.1 Å². The molecule has 0 bridgehead atoms. The van der Waals surface area contributed by atoms with E-state index in [1.807, 2.05) is 35.9 Å². The van der Waals surface area contributed by atoms with Crippen LogP contribution < -0.4 is 9.80 Å². The minimum atomic E-state index is 0.894. The van der Waals surface area contributed by atoms with Crippen molar-refractivity contribution < 1.29 is 0 Å². The van der Waals surface area contributed by atoms with E-state index in [0.29, 0.717) is 0 Å². The molecule has 1 aliphatic rings. The van der Waals surface area contributed by atoms with Gasteiger partial charge in [0.25, 0.3) is 0 Å². The monoisotopic (exact) mass is 336 g/mol. The summed E-state index contributed by atoms with van der Waals surface area (Å²) in [6, 6.07) is 8.71. The number of hydrogen-bond donors (Lipinski definition) is 0. The predicted octanol–water partition coefficient (Wildman–Crippen LogP) is 2.57. The standard InChI is InChI=1S/C19H24N6/c1-22-12-16(10-20-22)14-24-8-5-9-25(15-17-11-21-23(2)13-17)19-7-4-3-6-18(19)24/h3-4,6-7,10-13H,5,8-9,14-15H2,1-2H3. The summed E-state index contributed by atoms with van der Waals surface area (Å²) in [7, 11) is 3.94. The average Bonchev–Trinajstić information content (AvgIpc) is 3.16. The Morgan fingerprint density at radius 1 is 0.800 bits per heavy atom. The van der Waals surface area contributed by atoms with Crippen molar-refractivity contribution in [2.75, 3.05) is 22.9 Å². The molecule has 0 saturated heterocycles. The van der Waals surface area contributed by atoms with Crippen LogP contribution in [0.5, 0.6) is 0 Å². The van der Waals surface area contributed by atoms with E-state index in [4.69, 9.17) is 0 Å². The molecule has 0 fully saturated rings. The molecule has 130 valence electrons. The molecule has 0 unspecified atom stereocenters. The van der Waals surface area contributed by atoms with E-state index in [1.54, 1.807) is 0 Å². The molecule has 1 aromatic carbocycles. The van der Waals surface area contributed by atoms with Gasteiger partial charge in [-0.25, -0.2) is 0 Å². The maximum Gasteiger partial charge on any atom is 0.0607 e. The van der Waals surface area contributed by atoms with Crippen LogP contribution in [-0.4, -0.2) is 32.7 Å². The van der Waals surface area contributed by atoms with Gasteiger partial charge in [-0.2, -0.15) is 10.2 Å². The summed E-state index contributed by atoms with van der Waals surface area (Å²) < 4.78 is 3.74. The molecule has 0 radical (unpaired) electrons. The molecule has 0 aliphatic carbocycles. The van der Waals surface area contributed by atoms with E-state index in [9.17, 15) is 0 Å². The fourth-order valence-corrected chi connectivity index (χ4v) is 3.57. The van der Waals surface area contributed by atoms with Gasteiger partial charge >= 0.3 is 0 Å². The number of aromatic nitrogens is 4. The van der Waals surface area contributed by atoms with Gasteiger partial charge in [0.2, 0.25) is 0 Å². The summed E-state index contributed by atoms with van der Waals surface area (Å²) >= 11 is 0. The molecule has 2 aromatic heterocycles. The minimum absolute atomic E-state index is 0.894. The van der Waals surface area contributed by atoms with E-state index in [2.05, 4.69) is 56.7 Å². The number of fused-ring (bicyclic) bond motifs is 1. The third-order valence-electron chi connectivity index (χ3n) is 4.68. The lowest BCUT2D eigenvalue weighted by molar-refractivity contribution is 0.715. The Morgan fingerprint density at radius 3 is 1.68 bits per heavy atom. The maximum absolute atomic E-state index is 4.30. The fraction of sp³-hybridized carbons (Fsp3) is 0.368. The molecular weight excluding hydrogens is 312 g/mol. The molecule has 4 rings (SSSR count). The first kappa shape index (κ1) is 15.7. The predicted molar refractivity (Wildman–Crippen MR) is 99.6 cm³/mol. The second kappa shape index (κ2) is 6.63. The van der Waals surface area contributed by atoms with Gasteiger partial charge in [0, 0.05) is 63.8 Å². The largest absolute Gasteiger partial charge is 0.365 e. The molecule has 0 N–H and O–H groups in total. The zero-order valence-corrected chi connectivity index (χ0v) is 14.8. The van der Waals surface area contributed by atoms with Crippen LogP contribution in [0.2, 0.25) is 0 Å². The molecule has 0 amide bonds. The van der Waals surface area contributed by atoms with Crippen molar-refractivity contribution in [3.05, 3.63) is 60.2 Å². The lowest BCUT2D eigenvalue weighted by Gasteiger charge is -2.27. The highest BCUT2D eigenvalue weighted by molar-refractivity contribution is 5.72. The van der Waals surface area contributed by atoms with Crippen LogP contribution in [0.3, 0.4) is 0 Å². The molecule has 0 atom stereocenters. The van der Waals surface area contributed by atoms with Crippen molar-refractivity contribution in [3.63, 3.8) is 0 Å². The summed E-state index contributed by atoms with van der Waals surface area (Å²) in [5.41, 5.74) is 5.09. The van der Waals surface area contributed by atoms with E-state index >= 15 is 0 Å². The Labute approximate surface area is 148 Å². The van der Waals surface area contributed by atoms with E-state index in [-0.39, 0.29) is 0 Å². The van der Waals surface area contributed by atoms with Gasteiger partial charge in [-0.15, -0.1) is 0 Å². The number of nitrogens with zero attached hydrogens (tertiary/aromatic N) is 6. The summed E-state index contributed by atoms with van der Waals surface area (Å²) in [6.07, 6.45) is 9.25. The lowest BCUT2D eigenvalue weighted by Crippen LogP contribution is -2.23. The van der Waals surface area contributed by atoms with E-state index in [1.165, 1.54) is 22.5 Å². The highest BCUT2D eigenvalue weighted by atomic mass is 15.3. The summed E-state index contributed by atoms with van der Waals surface area (Å²) in [5.74, 6) is 0. The van der Waals surface area contributed by atoms with Crippen LogP contribution in [0.1, 0.15) is 17.5 Å². The molecular formula is C19H24N6. The fourth-order valence-electron chi connectivity index (χ4n) is 3.57. The lowest BCUT2D eigenvalue weighted by atomic mass is 10.2. The second-order valence-electron chi connectivity index (χ2n) is 6.73. The molecule has 6 heteroatoms. The number of hydrogen-bond acceptors (Lipinski definition) is 4. The Kier molecular flexibility index (Phi) is 4.17. The van der Waals surface area contributed by atoms with Gasteiger partial charge in [0.05, 0.1) is 23.8 Å². The van der Waals surface area contributed by atoms with Crippen LogP contribution in [0.25, 0.3) is 0 Å².